The minimum Gasteiger partial charge on any atom is -0.348 e. The predicted molar refractivity (Wildman–Crippen MR) is 129 cm³/mol. The van der Waals surface area contributed by atoms with E-state index in [0.29, 0.717) is 39.3 Å². The molecule has 2 N–H and O–H groups in total. The van der Waals surface area contributed by atoms with Gasteiger partial charge < -0.3 is 10.3 Å². The average molecular weight is 515 g/mol. The van der Waals surface area contributed by atoms with Crippen molar-refractivity contribution in [2.45, 2.75) is 13.1 Å². The van der Waals surface area contributed by atoms with Crippen LogP contribution in [-0.4, -0.2) is 15.5 Å². The lowest BCUT2D eigenvalue weighted by molar-refractivity contribution is 0.0951. The van der Waals surface area contributed by atoms with Crippen molar-refractivity contribution < 1.29 is 4.79 Å². The summed E-state index contributed by atoms with van der Waals surface area (Å²) >= 11 is 14.7. The molecule has 156 valence electrons. The Bertz CT molecular complexity index is 1400. The first-order valence-corrected chi connectivity index (χ1v) is 11.0. The van der Waals surface area contributed by atoms with Crippen LogP contribution in [0.2, 0.25) is 5.02 Å². The number of hydrogen-bond acceptors (Lipinski definition) is 3. The van der Waals surface area contributed by atoms with Gasteiger partial charge in [-0.3, -0.25) is 14.2 Å². The van der Waals surface area contributed by atoms with Gasteiger partial charge in [-0.15, -0.1) is 0 Å². The minimum atomic E-state index is -0.184. The van der Waals surface area contributed by atoms with Gasteiger partial charge in [0.25, 0.3) is 11.5 Å². The van der Waals surface area contributed by atoms with E-state index in [9.17, 15) is 9.59 Å². The lowest BCUT2D eigenvalue weighted by Gasteiger charge is -2.10. The summed E-state index contributed by atoms with van der Waals surface area (Å²) < 4.78 is 2.68. The van der Waals surface area contributed by atoms with Crippen LogP contribution < -0.4 is 10.9 Å². The van der Waals surface area contributed by atoms with Crippen molar-refractivity contribution in [3.05, 3.63) is 108 Å². The number of aromatic amines is 1. The van der Waals surface area contributed by atoms with Gasteiger partial charge in [-0.25, -0.2) is 0 Å². The third-order valence-electron chi connectivity index (χ3n) is 4.84. The largest absolute Gasteiger partial charge is 0.348 e. The highest BCUT2D eigenvalue weighted by molar-refractivity contribution is 9.10. The predicted octanol–water partition coefficient (Wildman–Crippen LogP) is 5.45. The molecule has 1 amide bonds. The van der Waals surface area contributed by atoms with Gasteiger partial charge in [0, 0.05) is 21.6 Å². The molecule has 3 aromatic carbocycles. The number of halogens is 2. The van der Waals surface area contributed by atoms with Crippen LogP contribution in [0.5, 0.6) is 0 Å². The molecular formula is C23H17BrClN3O2S. The zero-order valence-electron chi connectivity index (χ0n) is 16.2. The van der Waals surface area contributed by atoms with E-state index >= 15 is 0 Å². The number of fused-ring (bicyclic) bond motifs is 1. The van der Waals surface area contributed by atoms with Gasteiger partial charge in [-0.05, 0) is 65.8 Å². The molecule has 0 radical (unpaired) electrons. The van der Waals surface area contributed by atoms with Crippen LogP contribution in [0, 0.1) is 4.77 Å². The topological polar surface area (TPSA) is 66.9 Å². The molecule has 1 aromatic heterocycles. The quantitative estimate of drug-likeness (QED) is 0.348. The summed E-state index contributed by atoms with van der Waals surface area (Å²) in [6.07, 6.45) is 0. The number of amides is 1. The van der Waals surface area contributed by atoms with Crippen LogP contribution in [0.4, 0.5) is 0 Å². The fourth-order valence-corrected chi connectivity index (χ4v) is 4.07. The maximum absolute atomic E-state index is 12.9. The van der Waals surface area contributed by atoms with E-state index in [1.165, 1.54) is 4.57 Å². The summed E-state index contributed by atoms with van der Waals surface area (Å²) in [5.74, 6) is -0.184. The zero-order valence-corrected chi connectivity index (χ0v) is 19.4. The number of benzene rings is 3. The molecule has 1 heterocycles. The fraction of sp³-hybridized carbons (Fsp3) is 0.0870. The Labute approximate surface area is 196 Å². The molecule has 0 bridgehead atoms. The van der Waals surface area contributed by atoms with E-state index in [0.717, 1.165) is 15.6 Å². The normalized spacial score (nSPS) is 10.9. The highest BCUT2D eigenvalue weighted by Gasteiger charge is 2.09. The Morgan fingerprint density at radius 1 is 1.06 bits per heavy atom. The summed E-state index contributed by atoms with van der Waals surface area (Å²) in [7, 11) is 0. The van der Waals surface area contributed by atoms with Crippen molar-refractivity contribution in [3.63, 3.8) is 0 Å². The number of aromatic nitrogens is 2. The van der Waals surface area contributed by atoms with Gasteiger partial charge in [0.2, 0.25) is 0 Å². The maximum atomic E-state index is 12.9. The molecule has 0 saturated carbocycles. The van der Waals surface area contributed by atoms with Crippen LogP contribution in [0.15, 0.2) is 76.0 Å². The minimum absolute atomic E-state index is 0.164. The molecule has 5 nitrogen and oxygen atoms in total. The first-order chi connectivity index (χ1) is 14.9. The van der Waals surface area contributed by atoms with E-state index in [-0.39, 0.29) is 11.5 Å². The first kappa shape index (κ1) is 21.5. The second-order valence-electron chi connectivity index (χ2n) is 7.02. The Kier molecular flexibility index (Phi) is 6.36. The van der Waals surface area contributed by atoms with Gasteiger partial charge in [-0.2, -0.15) is 0 Å². The van der Waals surface area contributed by atoms with Crippen LogP contribution in [-0.2, 0) is 13.1 Å². The van der Waals surface area contributed by atoms with Crippen LogP contribution in [0.25, 0.3) is 10.9 Å². The summed E-state index contributed by atoms with van der Waals surface area (Å²) in [5, 5.41) is 4.06. The van der Waals surface area contributed by atoms with E-state index in [4.69, 9.17) is 23.8 Å². The number of carbonyl (C=O) groups excluding carboxylic acids is 1. The Morgan fingerprint density at radius 3 is 2.58 bits per heavy atom. The maximum Gasteiger partial charge on any atom is 0.262 e. The molecule has 0 aliphatic heterocycles. The lowest BCUT2D eigenvalue weighted by Crippen LogP contribution is -2.23. The number of rotatable bonds is 5. The van der Waals surface area contributed by atoms with E-state index in [1.807, 2.05) is 42.5 Å². The Hall–Kier alpha value is -2.74. The molecule has 31 heavy (non-hydrogen) atoms. The molecule has 4 rings (SSSR count). The number of H-pyrrole nitrogens is 1. The van der Waals surface area contributed by atoms with Gasteiger partial charge in [-0.1, -0.05) is 51.8 Å². The molecular weight excluding hydrogens is 498 g/mol. The van der Waals surface area contributed by atoms with Crippen molar-refractivity contribution in [2.75, 3.05) is 0 Å². The fourth-order valence-electron chi connectivity index (χ4n) is 3.24. The molecule has 0 spiro atoms. The molecule has 8 heteroatoms. The first-order valence-electron chi connectivity index (χ1n) is 9.45. The number of hydrogen-bond donors (Lipinski definition) is 2. The smallest absolute Gasteiger partial charge is 0.262 e. The van der Waals surface area contributed by atoms with Gasteiger partial charge in [0.15, 0.2) is 4.77 Å². The monoisotopic (exact) mass is 513 g/mol. The standard InChI is InChI=1S/C23H17BrClN3O2S/c24-17-8-9-20-19(11-17)22(30)28(23(31)27-20)13-14-4-6-16(7-5-14)21(29)26-12-15-2-1-3-18(25)10-15/h1-11H,12-13H2,(H,26,29)(H,27,31). The molecule has 0 fully saturated rings. The average Bonchev–Trinajstić information content (AvgIpc) is 2.76. The third kappa shape index (κ3) is 4.95. The zero-order chi connectivity index (χ0) is 22.0. The summed E-state index contributed by atoms with van der Waals surface area (Å²) in [6, 6.07) is 19.9. The molecule has 0 unspecified atom stereocenters. The van der Waals surface area contributed by atoms with E-state index in [2.05, 4.69) is 26.2 Å². The van der Waals surface area contributed by atoms with E-state index < -0.39 is 0 Å². The molecule has 0 aliphatic carbocycles. The highest BCUT2D eigenvalue weighted by atomic mass is 79.9. The van der Waals surface area contributed by atoms with Crippen LogP contribution >= 0.6 is 39.7 Å². The van der Waals surface area contributed by atoms with Gasteiger partial charge >= 0.3 is 0 Å². The lowest BCUT2D eigenvalue weighted by atomic mass is 10.1. The number of nitrogens with one attached hydrogen (secondary N) is 2. The SMILES string of the molecule is O=C(NCc1cccc(Cl)c1)c1ccc(Cn2c(=S)[nH]c3ccc(Br)cc3c2=O)cc1. The molecule has 4 aromatic rings. The van der Waals surface area contributed by atoms with Crippen molar-refractivity contribution >= 4 is 56.6 Å². The Balaban J connectivity index is 1.50. The molecule has 0 atom stereocenters. The summed E-state index contributed by atoms with van der Waals surface area (Å²) in [5.41, 5.74) is 2.85. The molecule has 0 saturated heterocycles. The van der Waals surface area contributed by atoms with Crippen LogP contribution in [0.3, 0.4) is 0 Å². The number of carbonyl (C=O) groups is 1. The van der Waals surface area contributed by atoms with Gasteiger partial charge in [0.1, 0.15) is 0 Å². The summed E-state index contributed by atoms with van der Waals surface area (Å²) in [4.78, 5) is 28.4. The summed E-state index contributed by atoms with van der Waals surface area (Å²) in [6.45, 7) is 0.694. The Morgan fingerprint density at radius 2 is 1.84 bits per heavy atom. The van der Waals surface area contributed by atoms with Crippen molar-refractivity contribution in [2.24, 2.45) is 0 Å². The second-order valence-corrected chi connectivity index (χ2v) is 8.76. The highest BCUT2D eigenvalue weighted by Crippen LogP contribution is 2.16. The van der Waals surface area contributed by atoms with E-state index in [1.54, 1.807) is 24.3 Å². The van der Waals surface area contributed by atoms with Crippen molar-refractivity contribution in [3.8, 4) is 0 Å². The van der Waals surface area contributed by atoms with Gasteiger partial charge in [0.05, 0.1) is 17.4 Å². The third-order valence-corrected chi connectivity index (χ3v) is 5.89. The number of nitrogens with zero attached hydrogens (tertiary/aromatic N) is 1. The molecule has 0 aliphatic rings. The second kappa shape index (κ2) is 9.18. The van der Waals surface area contributed by atoms with Crippen molar-refractivity contribution in [1.82, 2.24) is 14.9 Å². The van der Waals surface area contributed by atoms with Crippen LogP contribution in [0.1, 0.15) is 21.5 Å². The van der Waals surface area contributed by atoms with Crippen molar-refractivity contribution in [1.29, 1.82) is 0 Å².